The third kappa shape index (κ3) is 2.84. The second-order valence-corrected chi connectivity index (χ2v) is 5.73. The number of rotatable bonds is 3. The fraction of sp³-hybridized carbons (Fsp3) is 0.222. The minimum atomic E-state index is -0.190. The summed E-state index contributed by atoms with van der Waals surface area (Å²) in [5.74, 6) is -0.190. The van der Waals surface area contributed by atoms with Gasteiger partial charge in [-0.2, -0.15) is 10.4 Å². The van der Waals surface area contributed by atoms with E-state index in [9.17, 15) is 4.79 Å². The SMILES string of the molecule is Cc1nn(C)c2ncc(C(=O)NC(C)c3ccc(C#N)cc3)cc12. The van der Waals surface area contributed by atoms with Gasteiger partial charge in [-0.25, -0.2) is 4.98 Å². The first-order chi connectivity index (χ1) is 11.5. The van der Waals surface area contributed by atoms with Gasteiger partial charge in [-0.05, 0) is 37.6 Å². The topological polar surface area (TPSA) is 83.6 Å². The van der Waals surface area contributed by atoms with Crippen LogP contribution in [0.1, 0.15) is 40.1 Å². The maximum atomic E-state index is 12.5. The first kappa shape index (κ1) is 15.7. The zero-order valence-electron chi connectivity index (χ0n) is 13.7. The van der Waals surface area contributed by atoms with Crippen molar-refractivity contribution in [3.63, 3.8) is 0 Å². The molecule has 3 aromatic rings. The molecule has 1 atom stereocenters. The van der Waals surface area contributed by atoms with Crippen molar-refractivity contribution in [1.82, 2.24) is 20.1 Å². The second-order valence-electron chi connectivity index (χ2n) is 5.73. The summed E-state index contributed by atoms with van der Waals surface area (Å²) in [6.07, 6.45) is 1.56. The zero-order chi connectivity index (χ0) is 17.3. The summed E-state index contributed by atoms with van der Waals surface area (Å²) in [4.78, 5) is 16.8. The summed E-state index contributed by atoms with van der Waals surface area (Å²) in [5.41, 5.74) is 3.63. The first-order valence-electron chi connectivity index (χ1n) is 7.60. The summed E-state index contributed by atoms with van der Waals surface area (Å²) in [5, 5.41) is 17.0. The monoisotopic (exact) mass is 319 g/mol. The summed E-state index contributed by atoms with van der Waals surface area (Å²) < 4.78 is 1.70. The van der Waals surface area contributed by atoms with Gasteiger partial charge in [0.05, 0.1) is 28.9 Å². The molecule has 24 heavy (non-hydrogen) atoms. The van der Waals surface area contributed by atoms with Crippen LogP contribution in [0.2, 0.25) is 0 Å². The lowest BCUT2D eigenvalue weighted by Crippen LogP contribution is -2.26. The fourth-order valence-corrected chi connectivity index (χ4v) is 2.64. The van der Waals surface area contributed by atoms with Gasteiger partial charge < -0.3 is 5.32 Å². The predicted octanol–water partition coefficient (Wildman–Crippen LogP) is 2.64. The summed E-state index contributed by atoms with van der Waals surface area (Å²) in [7, 11) is 1.83. The van der Waals surface area contributed by atoms with Gasteiger partial charge in [-0.1, -0.05) is 12.1 Å². The van der Waals surface area contributed by atoms with E-state index >= 15 is 0 Å². The summed E-state index contributed by atoms with van der Waals surface area (Å²) in [6.45, 7) is 3.80. The highest BCUT2D eigenvalue weighted by molar-refractivity contribution is 5.97. The molecular formula is C18H17N5O. The number of nitrogens with one attached hydrogen (secondary N) is 1. The molecule has 0 spiro atoms. The number of fused-ring (bicyclic) bond motifs is 1. The van der Waals surface area contributed by atoms with Crippen LogP contribution < -0.4 is 5.32 Å². The smallest absolute Gasteiger partial charge is 0.253 e. The molecule has 6 heteroatoms. The molecule has 0 saturated carbocycles. The molecule has 2 heterocycles. The van der Waals surface area contributed by atoms with Gasteiger partial charge in [0.1, 0.15) is 0 Å². The van der Waals surface area contributed by atoms with Crippen LogP contribution in [-0.2, 0) is 7.05 Å². The van der Waals surface area contributed by atoms with Gasteiger partial charge in [0, 0.05) is 18.6 Å². The maximum absolute atomic E-state index is 12.5. The van der Waals surface area contributed by atoms with Gasteiger partial charge in [-0.15, -0.1) is 0 Å². The summed E-state index contributed by atoms with van der Waals surface area (Å²) in [6, 6.07) is 10.9. The third-order valence-electron chi connectivity index (χ3n) is 4.01. The Balaban J connectivity index is 1.81. The van der Waals surface area contributed by atoms with Crippen molar-refractivity contribution in [2.75, 3.05) is 0 Å². The number of benzene rings is 1. The lowest BCUT2D eigenvalue weighted by Gasteiger charge is -2.14. The molecule has 1 unspecified atom stereocenters. The normalized spacial score (nSPS) is 11.9. The van der Waals surface area contributed by atoms with E-state index in [4.69, 9.17) is 5.26 Å². The van der Waals surface area contributed by atoms with Gasteiger partial charge in [-0.3, -0.25) is 9.48 Å². The van der Waals surface area contributed by atoms with E-state index in [2.05, 4.69) is 21.5 Å². The van der Waals surface area contributed by atoms with Gasteiger partial charge in [0.2, 0.25) is 0 Å². The van der Waals surface area contributed by atoms with Crippen LogP contribution in [0.3, 0.4) is 0 Å². The minimum absolute atomic E-state index is 0.170. The first-order valence-corrected chi connectivity index (χ1v) is 7.60. The number of carbonyl (C=O) groups excluding carboxylic acids is 1. The number of aromatic nitrogens is 3. The number of aryl methyl sites for hydroxylation is 2. The molecule has 120 valence electrons. The highest BCUT2D eigenvalue weighted by Gasteiger charge is 2.14. The van der Waals surface area contributed by atoms with Gasteiger partial charge >= 0.3 is 0 Å². The molecule has 0 fully saturated rings. The maximum Gasteiger partial charge on any atom is 0.253 e. The van der Waals surface area contributed by atoms with E-state index in [1.54, 1.807) is 23.0 Å². The second kappa shape index (κ2) is 6.13. The molecule has 0 saturated heterocycles. The Hall–Kier alpha value is -3.20. The number of amides is 1. The molecule has 1 aromatic carbocycles. The number of nitriles is 1. The van der Waals surface area contributed by atoms with Crippen LogP contribution in [0.25, 0.3) is 11.0 Å². The van der Waals surface area contributed by atoms with E-state index in [-0.39, 0.29) is 11.9 Å². The van der Waals surface area contributed by atoms with Gasteiger partial charge in [0.15, 0.2) is 5.65 Å². The van der Waals surface area contributed by atoms with E-state index in [0.717, 1.165) is 22.3 Å². The standard InChI is InChI=1S/C18H17N5O/c1-11(14-6-4-13(9-19)5-7-14)21-18(24)15-8-16-12(2)22-23(3)17(16)20-10-15/h4-8,10-11H,1-3H3,(H,21,24). The highest BCUT2D eigenvalue weighted by Crippen LogP contribution is 2.18. The van der Waals surface area contributed by atoms with Crippen molar-refractivity contribution in [1.29, 1.82) is 5.26 Å². The van der Waals surface area contributed by atoms with Crippen molar-refractivity contribution in [2.24, 2.45) is 7.05 Å². The van der Waals surface area contributed by atoms with Crippen molar-refractivity contribution >= 4 is 16.9 Å². The number of hydrogen-bond donors (Lipinski definition) is 1. The average Bonchev–Trinajstić information content (AvgIpc) is 2.88. The quantitative estimate of drug-likeness (QED) is 0.804. The number of nitrogens with zero attached hydrogens (tertiary/aromatic N) is 4. The molecule has 1 amide bonds. The highest BCUT2D eigenvalue weighted by atomic mass is 16.1. The molecule has 2 aromatic heterocycles. The van der Waals surface area contributed by atoms with Crippen molar-refractivity contribution in [2.45, 2.75) is 19.9 Å². The van der Waals surface area contributed by atoms with Crippen LogP contribution in [0, 0.1) is 18.3 Å². The molecular weight excluding hydrogens is 302 g/mol. The van der Waals surface area contributed by atoms with Crippen molar-refractivity contribution in [3.8, 4) is 6.07 Å². The molecule has 0 aliphatic heterocycles. The summed E-state index contributed by atoms with van der Waals surface area (Å²) >= 11 is 0. The molecule has 3 rings (SSSR count). The zero-order valence-corrected chi connectivity index (χ0v) is 13.7. The van der Waals surface area contributed by atoms with Crippen LogP contribution in [0.4, 0.5) is 0 Å². The van der Waals surface area contributed by atoms with Crippen LogP contribution in [-0.4, -0.2) is 20.7 Å². The fourth-order valence-electron chi connectivity index (χ4n) is 2.64. The van der Waals surface area contributed by atoms with E-state index < -0.39 is 0 Å². The Kier molecular flexibility index (Phi) is 4.00. The molecule has 0 radical (unpaired) electrons. The molecule has 1 N–H and O–H groups in total. The number of hydrogen-bond acceptors (Lipinski definition) is 4. The van der Waals surface area contributed by atoms with Gasteiger partial charge in [0.25, 0.3) is 5.91 Å². The Morgan fingerprint density at radius 1 is 1.33 bits per heavy atom. The molecule has 6 nitrogen and oxygen atoms in total. The van der Waals surface area contributed by atoms with E-state index in [1.807, 2.05) is 39.1 Å². The largest absolute Gasteiger partial charge is 0.345 e. The Morgan fingerprint density at radius 2 is 2.04 bits per heavy atom. The molecule has 0 aliphatic rings. The number of pyridine rings is 1. The lowest BCUT2D eigenvalue weighted by molar-refractivity contribution is 0.0939. The van der Waals surface area contributed by atoms with Crippen LogP contribution >= 0.6 is 0 Å². The lowest BCUT2D eigenvalue weighted by atomic mass is 10.1. The molecule has 0 bridgehead atoms. The average molecular weight is 319 g/mol. The Labute approximate surface area is 139 Å². The number of carbonyl (C=O) groups is 1. The Bertz CT molecular complexity index is 950. The minimum Gasteiger partial charge on any atom is -0.345 e. The third-order valence-corrected chi connectivity index (χ3v) is 4.01. The van der Waals surface area contributed by atoms with E-state index in [1.165, 1.54) is 0 Å². The van der Waals surface area contributed by atoms with Crippen molar-refractivity contribution in [3.05, 3.63) is 58.9 Å². The van der Waals surface area contributed by atoms with E-state index in [0.29, 0.717) is 11.1 Å². The van der Waals surface area contributed by atoms with Crippen LogP contribution in [0.5, 0.6) is 0 Å². The molecule has 0 aliphatic carbocycles. The predicted molar refractivity (Wildman–Crippen MR) is 90.3 cm³/mol. The Morgan fingerprint density at radius 3 is 2.71 bits per heavy atom. The van der Waals surface area contributed by atoms with Crippen molar-refractivity contribution < 1.29 is 4.79 Å². The van der Waals surface area contributed by atoms with Crippen LogP contribution in [0.15, 0.2) is 36.5 Å².